The van der Waals surface area contributed by atoms with E-state index >= 15 is 0 Å². The molecule has 1 heterocycles. The number of nitrogen functional groups attached to an aromatic ring is 1. The minimum atomic E-state index is 0.577. The van der Waals surface area contributed by atoms with E-state index in [1.807, 2.05) is 40.8 Å². The van der Waals surface area contributed by atoms with Crippen molar-refractivity contribution in [1.29, 1.82) is 0 Å². The van der Waals surface area contributed by atoms with E-state index in [9.17, 15) is 0 Å². The summed E-state index contributed by atoms with van der Waals surface area (Å²) in [6.07, 6.45) is 1.90. The molecule has 2 aromatic rings. The molecule has 16 heavy (non-hydrogen) atoms. The minimum Gasteiger partial charge on any atom is -0.382 e. The molecule has 2 N–H and O–H groups in total. The van der Waals surface area contributed by atoms with Crippen LogP contribution < -0.4 is 5.73 Å². The fraction of sp³-hybridized carbons (Fsp3) is 0.182. The summed E-state index contributed by atoms with van der Waals surface area (Å²) in [5, 5.41) is 4.13. The molecule has 1 aromatic carbocycles. The molecule has 0 aliphatic heterocycles. The van der Waals surface area contributed by atoms with Gasteiger partial charge in [-0.25, -0.2) is 0 Å². The molecule has 0 unspecified atom stereocenters. The molecule has 0 aliphatic carbocycles. The highest BCUT2D eigenvalue weighted by Crippen LogP contribution is 2.20. The average molecular weight is 298 g/mol. The number of thioether (sulfide) groups is 1. The van der Waals surface area contributed by atoms with Gasteiger partial charge < -0.3 is 5.73 Å². The van der Waals surface area contributed by atoms with E-state index in [0.29, 0.717) is 5.82 Å². The van der Waals surface area contributed by atoms with Gasteiger partial charge in [0.2, 0.25) is 0 Å². The Balaban J connectivity index is 1.82. The summed E-state index contributed by atoms with van der Waals surface area (Å²) in [5.41, 5.74) is 5.53. The normalized spacial score (nSPS) is 10.6. The SMILES string of the molecule is Nc1ccn(CCSc2ccc(Br)cc2)n1. The summed E-state index contributed by atoms with van der Waals surface area (Å²) in [5.74, 6) is 1.57. The van der Waals surface area contributed by atoms with Gasteiger partial charge in [0.25, 0.3) is 0 Å². The van der Waals surface area contributed by atoms with Gasteiger partial charge in [-0.05, 0) is 30.3 Å². The molecule has 0 amide bonds. The molecule has 0 atom stereocenters. The van der Waals surface area contributed by atoms with Crippen LogP contribution >= 0.6 is 27.7 Å². The molecule has 0 saturated heterocycles. The summed E-state index contributed by atoms with van der Waals surface area (Å²) in [6, 6.07) is 10.1. The van der Waals surface area contributed by atoms with E-state index in [-0.39, 0.29) is 0 Å². The van der Waals surface area contributed by atoms with Gasteiger partial charge in [-0.15, -0.1) is 11.8 Å². The number of hydrogen-bond acceptors (Lipinski definition) is 3. The van der Waals surface area contributed by atoms with Gasteiger partial charge in [-0.2, -0.15) is 5.10 Å². The summed E-state index contributed by atoms with van der Waals surface area (Å²) in [7, 11) is 0. The smallest absolute Gasteiger partial charge is 0.145 e. The van der Waals surface area contributed by atoms with Crippen LogP contribution in [-0.4, -0.2) is 15.5 Å². The van der Waals surface area contributed by atoms with Gasteiger partial charge in [0.15, 0.2) is 0 Å². The number of rotatable bonds is 4. The van der Waals surface area contributed by atoms with Crippen molar-refractivity contribution in [3.63, 3.8) is 0 Å². The van der Waals surface area contributed by atoms with Crippen LogP contribution in [0.4, 0.5) is 5.82 Å². The number of hydrogen-bond donors (Lipinski definition) is 1. The largest absolute Gasteiger partial charge is 0.382 e. The second-order valence-electron chi connectivity index (χ2n) is 3.31. The second-order valence-corrected chi connectivity index (χ2v) is 5.39. The third kappa shape index (κ3) is 3.28. The van der Waals surface area contributed by atoms with Crippen molar-refractivity contribution in [3.8, 4) is 0 Å². The summed E-state index contributed by atoms with van der Waals surface area (Å²) in [6.45, 7) is 0.873. The summed E-state index contributed by atoms with van der Waals surface area (Å²) >= 11 is 5.23. The number of aryl methyl sites for hydroxylation is 1. The third-order valence-corrected chi connectivity index (χ3v) is 3.58. The van der Waals surface area contributed by atoms with Gasteiger partial charge in [0, 0.05) is 21.3 Å². The quantitative estimate of drug-likeness (QED) is 0.882. The fourth-order valence-corrected chi connectivity index (χ4v) is 2.40. The van der Waals surface area contributed by atoms with Crippen LogP contribution in [-0.2, 0) is 6.54 Å². The topological polar surface area (TPSA) is 43.8 Å². The van der Waals surface area contributed by atoms with E-state index < -0.39 is 0 Å². The van der Waals surface area contributed by atoms with Crippen LogP contribution in [0.3, 0.4) is 0 Å². The van der Waals surface area contributed by atoms with E-state index in [1.165, 1.54) is 4.90 Å². The molecular weight excluding hydrogens is 286 g/mol. The number of nitrogens with zero attached hydrogens (tertiary/aromatic N) is 2. The van der Waals surface area contributed by atoms with Gasteiger partial charge in [0.1, 0.15) is 5.82 Å². The molecule has 0 spiro atoms. The Kier molecular flexibility index (Phi) is 3.90. The van der Waals surface area contributed by atoms with E-state index in [4.69, 9.17) is 5.73 Å². The molecule has 3 nitrogen and oxygen atoms in total. The lowest BCUT2D eigenvalue weighted by Crippen LogP contribution is -2.01. The second kappa shape index (κ2) is 5.41. The fourth-order valence-electron chi connectivity index (χ4n) is 1.29. The molecule has 0 radical (unpaired) electrons. The zero-order chi connectivity index (χ0) is 11.4. The molecule has 1 aromatic heterocycles. The van der Waals surface area contributed by atoms with E-state index in [0.717, 1.165) is 16.8 Å². The Morgan fingerprint density at radius 3 is 2.62 bits per heavy atom. The maximum Gasteiger partial charge on any atom is 0.145 e. The molecule has 2 rings (SSSR count). The van der Waals surface area contributed by atoms with Crippen molar-refractivity contribution in [2.45, 2.75) is 11.4 Å². The maximum absolute atomic E-state index is 5.53. The van der Waals surface area contributed by atoms with Crippen LogP contribution in [0.2, 0.25) is 0 Å². The van der Waals surface area contributed by atoms with Crippen molar-refractivity contribution in [3.05, 3.63) is 41.0 Å². The molecular formula is C11H12BrN3S. The van der Waals surface area contributed by atoms with Crippen molar-refractivity contribution in [1.82, 2.24) is 9.78 Å². The highest BCUT2D eigenvalue weighted by atomic mass is 79.9. The van der Waals surface area contributed by atoms with Gasteiger partial charge in [-0.1, -0.05) is 15.9 Å². The lowest BCUT2D eigenvalue weighted by Gasteiger charge is -2.02. The van der Waals surface area contributed by atoms with Crippen LogP contribution in [0.5, 0.6) is 0 Å². The lowest BCUT2D eigenvalue weighted by atomic mass is 10.4. The first-order valence-electron chi connectivity index (χ1n) is 4.91. The predicted molar refractivity (Wildman–Crippen MR) is 71.5 cm³/mol. The monoisotopic (exact) mass is 297 g/mol. The first-order chi connectivity index (χ1) is 7.74. The van der Waals surface area contributed by atoms with Crippen LogP contribution in [0.25, 0.3) is 0 Å². The molecule has 0 fully saturated rings. The third-order valence-electron chi connectivity index (χ3n) is 2.06. The molecule has 0 aliphatic rings. The number of nitrogens with two attached hydrogens (primary N) is 1. The average Bonchev–Trinajstić information content (AvgIpc) is 2.67. The number of aromatic nitrogens is 2. The van der Waals surface area contributed by atoms with E-state index in [1.54, 1.807) is 0 Å². The van der Waals surface area contributed by atoms with Crippen molar-refractivity contribution < 1.29 is 0 Å². The molecule has 0 saturated carbocycles. The molecule has 0 bridgehead atoms. The van der Waals surface area contributed by atoms with Crippen LogP contribution in [0.15, 0.2) is 45.9 Å². The number of benzene rings is 1. The Labute approximate surface area is 107 Å². The lowest BCUT2D eigenvalue weighted by molar-refractivity contribution is 0.669. The summed E-state index contributed by atoms with van der Waals surface area (Å²) < 4.78 is 2.97. The van der Waals surface area contributed by atoms with E-state index in [2.05, 4.69) is 33.2 Å². The highest BCUT2D eigenvalue weighted by molar-refractivity contribution is 9.10. The molecule has 84 valence electrons. The highest BCUT2D eigenvalue weighted by Gasteiger charge is 1.96. The zero-order valence-corrected chi connectivity index (χ0v) is 11.0. The van der Waals surface area contributed by atoms with Crippen molar-refractivity contribution >= 4 is 33.5 Å². The molecule has 5 heteroatoms. The van der Waals surface area contributed by atoms with Crippen LogP contribution in [0, 0.1) is 0 Å². The minimum absolute atomic E-state index is 0.577. The maximum atomic E-state index is 5.53. The van der Waals surface area contributed by atoms with Gasteiger partial charge in [0.05, 0.1) is 6.54 Å². The Morgan fingerprint density at radius 1 is 1.25 bits per heavy atom. The zero-order valence-electron chi connectivity index (χ0n) is 8.64. The van der Waals surface area contributed by atoms with Gasteiger partial charge >= 0.3 is 0 Å². The van der Waals surface area contributed by atoms with Crippen LogP contribution in [0.1, 0.15) is 0 Å². The van der Waals surface area contributed by atoms with Crippen molar-refractivity contribution in [2.75, 3.05) is 11.5 Å². The predicted octanol–water partition coefficient (Wildman–Crippen LogP) is 3.02. The summed E-state index contributed by atoms with van der Waals surface area (Å²) in [4.78, 5) is 1.27. The Bertz CT molecular complexity index is 453. The number of halogens is 1. The standard InChI is InChI=1S/C11H12BrN3S/c12-9-1-3-10(4-2-9)16-8-7-15-6-5-11(13)14-15/h1-6H,7-8H2,(H2,13,14). The Morgan fingerprint density at radius 2 is 2.00 bits per heavy atom. The first-order valence-corrected chi connectivity index (χ1v) is 6.69. The first kappa shape index (κ1) is 11.5. The number of anilines is 1. The van der Waals surface area contributed by atoms with Gasteiger partial charge in [-0.3, -0.25) is 4.68 Å². The van der Waals surface area contributed by atoms with Crippen molar-refractivity contribution in [2.24, 2.45) is 0 Å². The Hall–Kier alpha value is -0.940.